The molecule has 0 unspecified atom stereocenters. The minimum atomic E-state index is -0.281. The molecule has 0 bridgehead atoms. The number of hydrogen-bond acceptors (Lipinski definition) is 4. The summed E-state index contributed by atoms with van der Waals surface area (Å²) in [4.78, 5) is 24.0. The molecule has 140 valence electrons. The molecule has 0 spiro atoms. The fourth-order valence-corrected chi connectivity index (χ4v) is 2.67. The normalized spacial score (nSPS) is 10.6. The number of carbonyl (C=O) groups excluding carboxylic acids is 2. The lowest BCUT2D eigenvalue weighted by Gasteiger charge is -2.09. The van der Waals surface area contributed by atoms with Gasteiger partial charge in [0, 0.05) is 19.0 Å². The van der Waals surface area contributed by atoms with Crippen molar-refractivity contribution >= 4 is 17.6 Å². The molecule has 2 N–H and O–H groups in total. The number of furan rings is 1. The van der Waals surface area contributed by atoms with Crippen molar-refractivity contribution in [3.05, 3.63) is 71.8 Å². The maximum Gasteiger partial charge on any atom is 0.286 e. The van der Waals surface area contributed by atoms with Gasteiger partial charge in [-0.3, -0.25) is 9.59 Å². The zero-order valence-electron chi connectivity index (χ0n) is 15.1. The first-order valence-electron chi connectivity index (χ1n) is 8.82. The van der Waals surface area contributed by atoms with Crippen molar-refractivity contribution in [3.8, 4) is 0 Å². The van der Waals surface area contributed by atoms with Crippen LogP contribution in [-0.4, -0.2) is 28.1 Å². The summed E-state index contributed by atoms with van der Waals surface area (Å²) < 4.78 is 6.79. The lowest BCUT2D eigenvalue weighted by atomic mass is 10.2. The molecular formula is C20H22N4O3. The smallest absolute Gasteiger partial charge is 0.286 e. The van der Waals surface area contributed by atoms with E-state index in [1.165, 1.54) is 6.26 Å². The van der Waals surface area contributed by atoms with Crippen LogP contribution in [0.5, 0.6) is 0 Å². The summed E-state index contributed by atoms with van der Waals surface area (Å²) in [5.41, 5.74) is 1.95. The van der Waals surface area contributed by atoms with Crippen molar-refractivity contribution in [3.63, 3.8) is 0 Å². The van der Waals surface area contributed by atoms with Crippen LogP contribution in [0.25, 0.3) is 0 Å². The summed E-state index contributed by atoms with van der Waals surface area (Å²) in [5.74, 6) is 0.536. The molecule has 0 saturated carbocycles. The third kappa shape index (κ3) is 5.31. The Hall–Kier alpha value is -3.35. The van der Waals surface area contributed by atoms with E-state index in [1.54, 1.807) is 16.8 Å². The van der Waals surface area contributed by atoms with E-state index in [9.17, 15) is 9.59 Å². The number of benzene rings is 1. The number of nitrogens with zero attached hydrogens (tertiary/aromatic N) is 2. The Bertz CT molecular complexity index is 885. The van der Waals surface area contributed by atoms with Gasteiger partial charge in [-0.05, 0) is 31.0 Å². The Morgan fingerprint density at radius 2 is 1.96 bits per heavy atom. The molecule has 0 radical (unpaired) electrons. The lowest BCUT2D eigenvalue weighted by Crippen LogP contribution is -2.25. The minimum absolute atomic E-state index is 0.114. The minimum Gasteiger partial charge on any atom is -0.459 e. The van der Waals surface area contributed by atoms with Gasteiger partial charge in [-0.1, -0.05) is 30.3 Å². The average Bonchev–Trinajstić information content (AvgIpc) is 3.30. The Kier molecular flexibility index (Phi) is 6.04. The SMILES string of the molecule is Cc1cc(NC(=O)CCCNC(=O)c2ccco2)n(Cc2ccccc2)n1. The largest absolute Gasteiger partial charge is 0.459 e. The van der Waals surface area contributed by atoms with E-state index >= 15 is 0 Å². The molecule has 1 aromatic carbocycles. The zero-order chi connectivity index (χ0) is 19.1. The molecule has 0 aliphatic heterocycles. The van der Waals surface area contributed by atoms with E-state index in [2.05, 4.69) is 15.7 Å². The predicted molar refractivity (Wildman–Crippen MR) is 101 cm³/mol. The van der Waals surface area contributed by atoms with Gasteiger partial charge >= 0.3 is 0 Å². The molecule has 0 fully saturated rings. The van der Waals surface area contributed by atoms with Gasteiger partial charge < -0.3 is 15.1 Å². The maximum absolute atomic E-state index is 12.2. The Morgan fingerprint density at radius 1 is 1.15 bits per heavy atom. The molecule has 7 heteroatoms. The topological polar surface area (TPSA) is 89.2 Å². The van der Waals surface area contributed by atoms with Crippen molar-refractivity contribution in [2.75, 3.05) is 11.9 Å². The quantitative estimate of drug-likeness (QED) is 0.600. The van der Waals surface area contributed by atoms with Crippen molar-refractivity contribution in [1.29, 1.82) is 0 Å². The molecule has 0 atom stereocenters. The summed E-state index contributed by atoms with van der Waals surface area (Å²) in [7, 11) is 0. The first-order valence-corrected chi connectivity index (χ1v) is 8.82. The van der Waals surface area contributed by atoms with E-state index in [0.29, 0.717) is 31.7 Å². The Labute approximate surface area is 157 Å². The van der Waals surface area contributed by atoms with Crippen LogP contribution in [0, 0.1) is 6.92 Å². The van der Waals surface area contributed by atoms with Crippen LogP contribution < -0.4 is 10.6 Å². The van der Waals surface area contributed by atoms with Crippen LogP contribution in [0.15, 0.2) is 59.2 Å². The second-order valence-electron chi connectivity index (χ2n) is 6.20. The van der Waals surface area contributed by atoms with Crippen molar-refractivity contribution in [2.45, 2.75) is 26.3 Å². The fourth-order valence-electron chi connectivity index (χ4n) is 2.67. The highest BCUT2D eigenvalue weighted by Crippen LogP contribution is 2.13. The van der Waals surface area contributed by atoms with Crippen LogP contribution in [0.2, 0.25) is 0 Å². The molecule has 0 saturated heterocycles. The summed E-state index contributed by atoms with van der Waals surface area (Å²) in [6.45, 7) is 2.88. The molecule has 0 aliphatic carbocycles. The van der Waals surface area contributed by atoms with E-state index in [-0.39, 0.29) is 17.6 Å². The molecule has 0 aliphatic rings. The lowest BCUT2D eigenvalue weighted by molar-refractivity contribution is -0.116. The average molecular weight is 366 g/mol. The van der Waals surface area contributed by atoms with Gasteiger partial charge in [0.25, 0.3) is 5.91 Å². The zero-order valence-corrected chi connectivity index (χ0v) is 15.1. The van der Waals surface area contributed by atoms with Crippen LogP contribution in [0.1, 0.15) is 34.7 Å². The van der Waals surface area contributed by atoms with Crippen LogP contribution in [0.3, 0.4) is 0 Å². The number of nitrogens with one attached hydrogen (secondary N) is 2. The van der Waals surface area contributed by atoms with Gasteiger partial charge in [-0.25, -0.2) is 4.68 Å². The van der Waals surface area contributed by atoms with E-state index in [0.717, 1.165) is 11.3 Å². The van der Waals surface area contributed by atoms with E-state index < -0.39 is 0 Å². The summed E-state index contributed by atoms with van der Waals surface area (Å²) in [5, 5.41) is 10.1. The van der Waals surface area contributed by atoms with Crippen LogP contribution >= 0.6 is 0 Å². The second-order valence-corrected chi connectivity index (χ2v) is 6.20. The molecule has 2 aromatic heterocycles. The monoisotopic (exact) mass is 366 g/mol. The number of aromatic nitrogens is 2. The van der Waals surface area contributed by atoms with Gasteiger partial charge in [-0.2, -0.15) is 5.10 Å². The van der Waals surface area contributed by atoms with Gasteiger partial charge in [0.1, 0.15) is 5.82 Å². The highest BCUT2D eigenvalue weighted by Gasteiger charge is 2.11. The molecule has 2 amide bonds. The summed E-state index contributed by atoms with van der Waals surface area (Å²) in [6, 6.07) is 15.0. The number of rotatable bonds is 8. The third-order valence-corrected chi connectivity index (χ3v) is 3.96. The highest BCUT2D eigenvalue weighted by molar-refractivity contribution is 5.91. The summed E-state index contributed by atoms with van der Waals surface area (Å²) >= 11 is 0. The van der Waals surface area contributed by atoms with Crippen molar-refractivity contribution in [1.82, 2.24) is 15.1 Å². The van der Waals surface area contributed by atoms with Gasteiger partial charge in [0.15, 0.2) is 5.76 Å². The molecular weight excluding hydrogens is 344 g/mol. The number of anilines is 1. The molecule has 27 heavy (non-hydrogen) atoms. The highest BCUT2D eigenvalue weighted by atomic mass is 16.3. The third-order valence-electron chi connectivity index (χ3n) is 3.96. The summed E-state index contributed by atoms with van der Waals surface area (Å²) in [6.07, 6.45) is 2.28. The Balaban J connectivity index is 1.47. The molecule has 3 rings (SSSR count). The number of carbonyl (C=O) groups is 2. The number of hydrogen-bond donors (Lipinski definition) is 2. The standard InChI is InChI=1S/C20H22N4O3/c1-15-13-18(24(23-15)14-16-7-3-2-4-8-16)22-19(25)10-5-11-21-20(26)17-9-6-12-27-17/h2-4,6-9,12-13H,5,10-11,14H2,1H3,(H,21,26)(H,22,25). The first kappa shape index (κ1) is 18.4. The molecule has 7 nitrogen and oxygen atoms in total. The number of amides is 2. The molecule has 3 aromatic rings. The van der Waals surface area contributed by atoms with Crippen LogP contribution in [-0.2, 0) is 11.3 Å². The van der Waals surface area contributed by atoms with Gasteiger partial charge in [-0.15, -0.1) is 0 Å². The first-order chi connectivity index (χ1) is 13.1. The van der Waals surface area contributed by atoms with E-state index in [1.807, 2.05) is 43.3 Å². The van der Waals surface area contributed by atoms with Gasteiger partial charge in [0.05, 0.1) is 18.5 Å². The predicted octanol–water partition coefficient (Wildman–Crippen LogP) is 2.98. The maximum atomic E-state index is 12.2. The van der Waals surface area contributed by atoms with E-state index in [4.69, 9.17) is 4.42 Å². The molecule has 2 heterocycles. The van der Waals surface area contributed by atoms with Gasteiger partial charge in [0.2, 0.25) is 5.91 Å². The van der Waals surface area contributed by atoms with Crippen molar-refractivity contribution in [2.24, 2.45) is 0 Å². The number of aryl methyl sites for hydroxylation is 1. The van der Waals surface area contributed by atoms with Crippen molar-refractivity contribution < 1.29 is 14.0 Å². The van der Waals surface area contributed by atoms with Crippen LogP contribution in [0.4, 0.5) is 5.82 Å². The fraction of sp³-hybridized carbons (Fsp3) is 0.250. The second kappa shape index (κ2) is 8.84. The Morgan fingerprint density at radius 3 is 2.70 bits per heavy atom.